The van der Waals surface area contributed by atoms with Gasteiger partial charge >= 0.3 is 0 Å². The molecule has 2 heterocycles. The third-order valence-corrected chi connectivity index (χ3v) is 5.49. The number of carbonyl (C=O) groups is 1. The molecule has 0 unspecified atom stereocenters. The van der Waals surface area contributed by atoms with Gasteiger partial charge in [-0.1, -0.05) is 0 Å². The Labute approximate surface area is 112 Å². The summed E-state index contributed by atoms with van der Waals surface area (Å²) < 4.78 is 28.5. The van der Waals surface area contributed by atoms with Gasteiger partial charge in [0, 0.05) is 19.2 Å². The van der Waals surface area contributed by atoms with E-state index in [4.69, 9.17) is 16.3 Å². The summed E-state index contributed by atoms with van der Waals surface area (Å²) in [5.41, 5.74) is 0. The Morgan fingerprint density at radius 2 is 2.17 bits per heavy atom. The summed E-state index contributed by atoms with van der Waals surface area (Å²) in [6.45, 7) is 1.18. The quantitative estimate of drug-likeness (QED) is 0.705. The number of rotatable bonds is 4. The van der Waals surface area contributed by atoms with Gasteiger partial charge in [0.15, 0.2) is 9.84 Å². The molecule has 0 N–H and O–H groups in total. The fourth-order valence-corrected chi connectivity index (χ4v) is 4.44. The molecule has 2 fully saturated rings. The molecule has 1 amide bonds. The van der Waals surface area contributed by atoms with Crippen molar-refractivity contribution in [2.24, 2.45) is 0 Å². The van der Waals surface area contributed by atoms with Crippen molar-refractivity contribution in [3.8, 4) is 0 Å². The summed E-state index contributed by atoms with van der Waals surface area (Å²) >= 11 is 5.60. The number of nitrogens with zero attached hydrogens (tertiary/aromatic N) is 1. The minimum absolute atomic E-state index is 0.0282. The Balaban J connectivity index is 2.03. The zero-order valence-electron chi connectivity index (χ0n) is 10.2. The Bertz CT molecular complexity index is 405. The van der Waals surface area contributed by atoms with Gasteiger partial charge in [0.1, 0.15) is 5.88 Å². The Hall–Kier alpha value is -0.330. The van der Waals surface area contributed by atoms with E-state index in [-0.39, 0.29) is 35.4 Å². The lowest BCUT2D eigenvalue weighted by Gasteiger charge is -2.29. The molecule has 0 bridgehead atoms. The van der Waals surface area contributed by atoms with Gasteiger partial charge in [0.05, 0.1) is 17.6 Å². The number of amides is 1. The normalized spacial score (nSPS) is 30.5. The summed E-state index contributed by atoms with van der Waals surface area (Å²) in [6.07, 6.45) is 2.46. The molecule has 0 saturated carbocycles. The lowest BCUT2D eigenvalue weighted by atomic mass is 10.1. The summed E-state index contributed by atoms with van der Waals surface area (Å²) in [7, 11) is -2.99. The van der Waals surface area contributed by atoms with Crippen LogP contribution < -0.4 is 0 Å². The van der Waals surface area contributed by atoms with Gasteiger partial charge in [-0.15, -0.1) is 11.6 Å². The second-order valence-electron chi connectivity index (χ2n) is 4.87. The fraction of sp³-hybridized carbons (Fsp3) is 0.909. The molecular formula is C11H18ClNO4S. The maximum atomic E-state index is 11.8. The van der Waals surface area contributed by atoms with Crippen molar-refractivity contribution in [1.29, 1.82) is 0 Å². The number of hydrogen-bond acceptors (Lipinski definition) is 4. The third kappa shape index (κ3) is 3.36. The predicted molar refractivity (Wildman–Crippen MR) is 68.5 cm³/mol. The number of carbonyl (C=O) groups excluding carboxylic acids is 1. The molecular weight excluding hydrogens is 278 g/mol. The topological polar surface area (TPSA) is 63.7 Å². The third-order valence-electron chi connectivity index (χ3n) is 3.51. The molecule has 2 saturated heterocycles. The van der Waals surface area contributed by atoms with Crippen molar-refractivity contribution < 1.29 is 17.9 Å². The van der Waals surface area contributed by atoms with Crippen LogP contribution in [0.2, 0.25) is 0 Å². The molecule has 104 valence electrons. The maximum Gasteiger partial charge on any atom is 0.237 e. The van der Waals surface area contributed by atoms with E-state index in [1.54, 1.807) is 4.90 Å². The summed E-state index contributed by atoms with van der Waals surface area (Å²) in [6, 6.07) is -0.231. The van der Waals surface area contributed by atoms with E-state index >= 15 is 0 Å². The molecule has 18 heavy (non-hydrogen) atoms. The van der Waals surface area contributed by atoms with Crippen LogP contribution in [-0.2, 0) is 19.4 Å². The SMILES string of the molecule is O=C(CCl)N(C[C@H]1CCCO1)[C@@H]1CCS(=O)(=O)C1. The van der Waals surface area contributed by atoms with Crippen LogP contribution in [0.25, 0.3) is 0 Å². The molecule has 2 atom stereocenters. The first-order valence-electron chi connectivity index (χ1n) is 6.19. The fourth-order valence-electron chi connectivity index (χ4n) is 2.56. The lowest BCUT2D eigenvalue weighted by molar-refractivity contribution is -0.132. The summed E-state index contributed by atoms with van der Waals surface area (Å²) in [5.74, 6) is -0.0878. The molecule has 0 radical (unpaired) electrons. The Morgan fingerprint density at radius 3 is 2.67 bits per heavy atom. The molecule has 0 spiro atoms. The monoisotopic (exact) mass is 295 g/mol. The van der Waals surface area contributed by atoms with Gasteiger partial charge in [0.2, 0.25) is 5.91 Å². The molecule has 0 aromatic rings. The molecule has 2 aliphatic rings. The van der Waals surface area contributed by atoms with Gasteiger partial charge in [0.25, 0.3) is 0 Å². The van der Waals surface area contributed by atoms with Gasteiger partial charge in [-0.25, -0.2) is 8.42 Å². The van der Waals surface area contributed by atoms with E-state index in [1.807, 2.05) is 0 Å². The van der Waals surface area contributed by atoms with Gasteiger partial charge in [-0.05, 0) is 19.3 Å². The van der Waals surface area contributed by atoms with Crippen LogP contribution >= 0.6 is 11.6 Å². The van der Waals surface area contributed by atoms with Crippen molar-refractivity contribution in [3.63, 3.8) is 0 Å². The first-order chi connectivity index (χ1) is 8.52. The van der Waals surface area contributed by atoms with Crippen LogP contribution in [0.4, 0.5) is 0 Å². The lowest BCUT2D eigenvalue weighted by Crippen LogP contribution is -2.45. The Kier molecular flexibility index (Phi) is 4.50. The number of hydrogen-bond donors (Lipinski definition) is 0. The first kappa shape index (κ1) is 14.1. The highest BCUT2D eigenvalue weighted by molar-refractivity contribution is 7.91. The van der Waals surface area contributed by atoms with Crippen LogP contribution in [0.15, 0.2) is 0 Å². The van der Waals surface area contributed by atoms with Crippen LogP contribution in [0.3, 0.4) is 0 Å². The van der Waals surface area contributed by atoms with Crippen LogP contribution in [0.5, 0.6) is 0 Å². The van der Waals surface area contributed by atoms with E-state index in [0.29, 0.717) is 13.0 Å². The van der Waals surface area contributed by atoms with E-state index in [2.05, 4.69) is 0 Å². The highest BCUT2D eigenvalue weighted by Crippen LogP contribution is 2.21. The second kappa shape index (κ2) is 5.75. The van der Waals surface area contributed by atoms with Crippen LogP contribution in [-0.4, -0.2) is 61.9 Å². The maximum absolute atomic E-state index is 11.8. The van der Waals surface area contributed by atoms with Gasteiger partial charge in [-0.3, -0.25) is 4.79 Å². The molecule has 7 heteroatoms. The number of sulfone groups is 1. The van der Waals surface area contributed by atoms with Gasteiger partial charge in [-0.2, -0.15) is 0 Å². The first-order valence-corrected chi connectivity index (χ1v) is 8.55. The molecule has 2 rings (SSSR count). The van der Waals surface area contributed by atoms with Crippen LogP contribution in [0, 0.1) is 0 Å². The van der Waals surface area contributed by atoms with E-state index in [9.17, 15) is 13.2 Å². The largest absolute Gasteiger partial charge is 0.376 e. The predicted octanol–water partition coefficient (Wildman–Crippen LogP) is 0.420. The molecule has 2 aliphatic heterocycles. The average molecular weight is 296 g/mol. The standard InChI is InChI=1S/C11H18ClNO4S/c12-6-11(14)13(7-10-2-1-4-17-10)9-3-5-18(15,16)8-9/h9-10H,1-8H2/t9-,10-/m1/s1. The van der Waals surface area contributed by atoms with Crippen molar-refractivity contribution in [2.45, 2.75) is 31.4 Å². The minimum Gasteiger partial charge on any atom is -0.376 e. The zero-order valence-corrected chi connectivity index (χ0v) is 11.8. The number of halogens is 1. The molecule has 0 aliphatic carbocycles. The van der Waals surface area contributed by atoms with Crippen molar-refractivity contribution >= 4 is 27.3 Å². The highest BCUT2D eigenvalue weighted by atomic mass is 35.5. The summed E-state index contributed by atoms with van der Waals surface area (Å²) in [5, 5.41) is 0. The van der Waals surface area contributed by atoms with Crippen molar-refractivity contribution in [2.75, 3.05) is 30.5 Å². The van der Waals surface area contributed by atoms with Gasteiger partial charge < -0.3 is 9.64 Å². The minimum atomic E-state index is -2.99. The highest BCUT2D eigenvalue weighted by Gasteiger charge is 2.35. The van der Waals surface area contributed by atoms with E-state index in [0.717, 1.165) is 19.4 Å². The molecule has 5 nitrogen and oxygen atoms in total. The second-order valence-corrected chi connectivity index (χ2v) is 7.37. The smallest absolute Gasteiger partial charge is 0.237 e. The van der Waals surface area contributed by atoms with Crippen molar-refractivity contribution in [3.05, 3.63) is 0 Å². The zero-order chi connectivity index (χ0) is 13.2. The van der Waals surface area contributed by atoms with Crippen molar-refractivity contribution in [1.82, 2.24) is 4.90 Å². The molecule has 0 aromatic heterocycles. The summed E-state index contributed by atoms with van der Waals surface area (Å²) in [4.78, 5) is 13.4. The number of alkyl halides is 1. The van der Waals surface area contributed by atoms with E-state index < -0.39 is 9.84 Å². The van der Waals surface area contributed by atoms with Crippen LogP contribution in [0.1, 0.15) is 19.3 Å². The Morgan fingerprint density at radius 1 is 1.39 bits per heavy atom. The van der Waals surface area contributed by atoms with E-state index in [1.165, 1.54) is 0 Å². The average Bonchev–Trinajstić information content (AvgIpc) is 2.94. The molecule has 0 aromatic carbocycles. The number of ether oxygens (including phenoxy) is 1.